The van der Waals surface area contributed by atoms with Gasteiger partial charge in [-0.15, -0.1) is 21.5 Å². The Labute approximate surface area is 141 Å². The largest absolute Gasteiger partial charge is 0.467 e. The second-order valence-electron chi connectivity index (χ2n) is 4.79. The number of aryl methyl sites for hydroxylation is 1. The summed E-state index contributed by atoms with van der Waals surface area (Å²) in [5, 5.41) is 8.92. The van der Waals surface area contributed by atoms with Crippen molar-refractivity contribution in [3.8, 4) is 0 Å². The zero-order chi connectivity index (χ0) is 16.2. The Morgan fingerprint density at radius 3 is 3.13 bits per heavy atom. The summed E-state index contributed by atoms with van der Waals surface area (Å²) in [6.45, 7) is 2.60. The zero-order valence-electron chi connectivity index (χ0n) is 12.7. The molecule has 8 heteroatoms. The molecule has 0 aromatic carbocycles. The van der Waals surface area contributed by atoms with Gasteiger partial charge in [-0.05, 0) is 30.7 Å². The van der Waals surface area contributed by atoms with Gasteiger partial charge in [-0.2, -0.15) is 0 Å². The maximum Gasteiger partial charge on any atom is 0.348 e. The number of esters is 1. The van der Waals surface area contributed by atoms with Gasteiger partial charge in [0.2, 0.25) is 0 Å². The van der Waals surface area contributed by atoms with Crippen molar-refractivity contribution in [3.63, 3.8) is 0 Å². The Kier molecular flexibility index (Phi) is 4.82. The molecule has 0 aliphatic carbocycles. The average Bonchev–Trinajstić information content (AvgIpc) is 3.27. The van der Waals surface area contributed by atoms with Crippen LogP contribution in [0.4, 0.5) is 0 Å². The number of aromatic nitrogens is 3. The van der Waals surface area contributed by atoms with Gasteiger partial charge in [-0.1, -0.05) is 11.8 Å². The lowest BCUT2D eigenvalue weighted by atomic mass is 10.3. The van der Waals surface area contributed by atoms with E-state index in [0.29, 0.717) is 11.4 Å². The fraction of sp³-hybridized carbons (Fsp3) is 0.267. The number of nitrogens with zero attached hydrogens (tertiary/aromatic N) is 3. The number of hydrogen-bond donors (Lipinski definition) is 0. The molecule has 23 heavy (non-hydrogen) atoms. The third-order valence-corrected chi connectivity index (χ3v) is 5.35. The van der Waals surface area contributed by atoms with E-state index in [4.69, 9.17) is 9.15 Å². The van der Waals surface area contributed by atoms with Gasteiger partial charge in [0.25, 0.3) is 0 Å². The molecule has 0 saturated carbocycles. The molecule has 6 nitrogen and oxygen atoms in total. The number of rotatable bonds is 6. The van der Waals surface area contributed by atoms with Crippen LogP contribution in [0, 0.1) is 6.92 Å². The summed E-state index contributed by atoms with van der Waals surface area (Å²) in [7, 11) is 1.39. The number of furan rings is 1. The Bertz CT molecular complexity index is 793. The van der Waals surface area contributed by atoms with Gasteiger partial charge >= 0.3 is 5.97 Å². The fourth-order valence-electron chi connectivity index (χ4n) is 2.04. The lowest BCUT2D eigenvalue weighted by molar-refractivity contribution is 0.0606. The van der Waals surface area contributed by atoms with Gasteiger partial charge in [0, 0.05) is 10.6 Å². The molecule has 0 fully saturated rings. The van der Waals surface area contributed by atoms with E-state index < -0.39 is 0 Å². The molecule has 3 aromatic heterocycles. The van der Waals surface area contributed by atoms with Crippen molar-refractivity contribution in [2.75, 3.05) is 7.11 Å². The average molecular weight is 349 g/mol. The Hall–Kier alpha value is -2.06. The Morgan fingerprint density at radius 1 is 1.52 bits per heavy atom. The predicted molar refractivity (Wildman–Crippen MR) is 87.8 cm³/mol. The van der Waals surface area contributed by atoms with Crippen molar-refractivity contribution in [3.05, 3.63) is 51.9 Å². The number of methoxy groups -OCH3 is 1. The highest BCUT2D eigenvalue weighted by atomic mass is 32.2. The molecule has 3 rings (SSSR count). The van der Waals surface area contributed by atoms with E-state index in [2.05, 4.69) is 10.2 Å². The molecule has 0 aliphatic heterocycles. The highest BCUT2D eigenvalue weighted by Gasteiger charge is 2.14. The molecule has 0 aliphatic rings. The molecule has 120 valence electrons. The number of thiophene rings is 1. The third kappa shape index (κ3) is 3.65. The standard InChI is InChI=1S/C15H15N3O3S2/c1-10-11(6-13(23-10)14(19)20-2)8-22-15-17-16-9-18(15)7-12-4-3-5-21-12/h3-6,9H,7-8H2,1-2H3. The van der Waals surface area contributed by atoms with Crippen molar-refractivity contribution < 1.29 is 13.9 Å². The molecule has 0 spiro atoms. The molecule has 0 amide bonds. The summed E-state index contributed by atoms with van der Waals surface area (Å²) >= 11 is 3.02. The van der Waals surface area contributed by atoms with Crippen LogP contribution in [0.25, 0.3) is 0 Å². The molecule has 0 saturated heterocycles. The van der Waals surface area contributed by atoms with Crippen LogP contribution in [0.1, 0.15) is 25.9 Å². The number of ether oxygens (including phenoxy) is 1. The SMILES string of the molecule is COC(=O)c1cc(CSc2nncn2Cc2ccco2)c(C)s1. The van der Waals surface area contributed by atoms with E-state index in [0.717, 1.165) is 27.1 Å². The molecular formula is C15H15N3O3S2. The molecule has 0 unspecified atom stereocenters. The zero-order valence-corrected chi connectivity index (χ0v) is 14.3. The highest BCUT2D eigenvalue weighted by molar-refractivity contribution is 7.98. The third-order valence-electron chi connectivity index (χ3n) is 3.25. The first-order valence-electron chi connectivity index (χ1n) is 6.88. The normalized spacial score (nSPS) is 10.9. The fourth-order valence-corrected chi connectivity index (χ4v) is 4.06. The summed E-state index contributed by atoms with van der Waals surface area (Å²) in [5.41, 5.74) is 1.10. The number of carbonyl (C=O) groups excluding carboxylic acids is 1. The van der Waals surface area contributed by atoms with Crippen molar-refractivity contribution in [1.82, 2.24) is 14.8 Å². The van der Waals surface area contributed by atoms with Gasteiger partial charge in [0.1, 0.15) is 17.0 Å². The van der Waals surface area contributed by atoms with E-state index in [1.807, 2.05) is 29.7 Å². The maximum atomic E-state index is 11.6. The van der Waals surface area contributed by atoms with E-state index in [1.165, 1.54) is 18.4 Å². The minimum Gasteiger partial charge on any atom is -0.467 e. The number of carbonyl (C=O) groups is 1. The quantitative estimate of drug-likeness (QED) is 0.502. The first kappa shape index (κ1) is 15.8. The first-order chi connectivity index (χ1) is 11.2. The van der Waals surface area contributed by atoms with E-state index >= 15 is 0 Å². The van der Waals surface area contributed by atoms with Crippen LogP contribution in [0.15, 0.2) is 40.4 Å². The van der Waals surface area contributed by atoms with E-state index in [9.17, 15) is 4.79 Å². The van der Waals surface area contributed by atoms with Crippen molar-refractivity contribution >= 4 is 29.1 Å². The number of hydrogen-bond acceptors (Lipinski definition) is 7. The molecule has 0 N–H and O–H groups in total. The van der Waals surface area contributed by atoms with Gasteiger partial charge in [-0.3, -0.25) is 0 Å². The molecule has 0 bridgehead atoms. The predicted octanol–water partition coefficient (Wildman–Crippen LogP) is 3.37. The topological polar surface area (TPSA) is 70.2 Å². The summed E-state index contributed by atoms with van der Waals surface area (Å²) < 4.78 is 12.0. The summed E-state index contributed by atoms with van der Waals surface area (Å²) in [4.78, 5) is 13.3. The Morgan fingerprint density at radius 2 is 2.39 bits per heavy atom. The van der Waals surface area contributed by atoms with E-state index in [-0.39, 0.29) is 5.97 Å². The highest BCUT2D eigenvalue weighted by Crippen LogP contribution is 2.28. The van der Waals surface area contributed by atoms with Crippen molar-refractivity contribution in [2.45, 2.75) is 24.4 Å². The Balaban J connectivity index is 1.68. The van der Waals surface area contributed by atoms with E-state index in [1.54, 1.807) is 24.4 Å². The minimum absolute atomic E-state index is 0.296. The van der Waals surface area contributed by atoms with Crippen LogP contribution in [0.5, 0.6) is 0 Å². The van der Waals surface area contributed by atoms with Crippen LogP contribution in [-0.2, 0) is 17.0 Å². The number of thioether (sulfide) groups is 1. The van der Waals surface area contributed by atoms with Crippen LogP contribution in [0.3, 0.4) is 0 Å². The molecule has 0 radical (unpaired) electrons. The summed E-state index contributed by atoms with van der Waals surface area (Å²) in [5.74, 6) is 1.28. The van der Waals surface area contributed by atoms with Crippen LogP contribution < -0.4 is 0 Å². The van der Waals surface area contributed by atoms with Crippen LogP contribution in [-0.4, -0.2) is 27.8 Å². The van der Waals surface area contributed by atoms with Gasteiger partial charge in [0.15, 0.2) is 5.16 Å². The lowest BCUT2D eigenvalue weighted by Crippen LogP contribution is -1.99. The maximum absolute atomic E-state index is 11.6. The minimum atomic E-state index is -0.296. The summed E-state index contributed by atoms with van der Waals surface area (Å²) in [6, 6.07) is 5.65. The molecule has 3 aromatic rings. The van der Waals surface area contributed by atoms with Gasteiger partial charge < -0.3 is 13.7 Å². The second-order valence-corrected chi connectivity index (χ2v) is 6.99. The van der Waals surface area contributed by atoms with Gasteiger partial charge in [0.05, 0.1) is 19.9 Å². The van der Waals surface area contributed by atoms with Crippen molar-refractivity contribution in [2.24, 2.45) is 0 Å². The van der Waals surface area contributed by atoms with Crippen molar-refractivity contribution in [1.29, 1.82) is 0 Å². The van der Waals surface area contributed by atoms with Gasteiger partial charge in [-0.25, -0.2) is 4.79 Å². The monoisotopic (exact) mass is 349 g/mol. The molecule has 3 heterocycles. The smallest absolute Gasteiger partial charge is 0.348 e. The summed E-state index contributed by atoms with van der Waals surface area (Å²) in [6.07, 6.45) is 3.33. The van der Waals surface area contributed by atoms with Crippen LogP contribution >= 0.6 is 23.1 Å². The first-order valence-corrected chi connectivity index (χ1v) is 8.68. The second kappa shape index (κ2) is 7.01. The molecular weight excluding hydrogens is 334 g/mol. The lowest BCUT2D eigenvalue weighted by Gasteiger charge is -2.04. The molecule has 0 atom stereocenters. The van der Waals surface area contributed by atoms with Crippen LogP contribution in [0.2, 0.25) is 0 Å².